The van der Waals surface area contributed by atoms with Crippen molar-refractivity contribution in [1.29, 1.82) is 0 Å². The summed E-state index contributed by atoms with van der Waals surface area (Å²) in [5.41, 5.74) is 3.67. The van der Waals surface area contributed by atoms with Crippen LogP contribution >= 0.6 is 0 Å². The molecule has 0 saturated heterocycles. The normalized spacial score (nSPS) is 15.8. The third kappa shape index (κ3) is 3.28. The van der Waals surface area contributed by atoms with Gasteiger partial charge in [-0.15, -0.1) is 0 Å². The molecule has 2 heteroatoms. The smallest absolute Gasteiger partial charge is 0.163 e. The first kappa shape index (κ1) is 18.9. The van der Waals surface area contributed by atoms with E-state index in [-0.39, 0.29) is 22.9 Å². The van der Waals surface area contributed by atoms with Crippen LogP contribution in [0.15, 0.2) is 78.9 Å². The average Bonchev–Trinajstić information content (AvgIpc) is 2.74. The molecule has 0 aliphatic heterocycles. The van der Waals surface area contributed by atoms with Gasteiger partial charge in [-0.3, -0.25) is 4.79 Å². The van der Waals surface area contributed by atoms with Crippen LogP contribution in [0.5, 0.6) is 0 Å². The second kappa shape index (κ2) is 7.91. The molecule has 0 amide bonds. The van der Waals surface area contributed by atoms with E-state index in [2.05, 4.69) is 48.5 Å². The van der Waals surface area contributed by atoms with Crippen molar-refractivity contribution in [1.82, 2.24) is 0 Å². The minimum Gasteiger partial charge on any atom is -0.294 e. The van der Waals surface area contributed by atoms with Gasteiger partial charge in [0, 0.05) is 29.1 Å². The zero-order chi connectivity index (χ0) is 18.2. The van der Waals surface area contributed by atoms with Crippen molar-refractivity contribution in [3.05, 3.63) is 95.6 Å². The molecule has 1 unspecified atom stereocenters. The van der Waals surface area contributed by atoms with Crippen molar-refractivity contribution in [3.8, 4) is 0 Å². The standard InChI is InChI=1S/C26H22O.Se/c27-26(19-8-2-1-3-9-19)17-20-10-6-12-23-22(20)15-16-24-21-11-5-4-7-18(21)13-14-25(23)24;/h1-5,7-9,11,13-16,20H,6,10,12,17H2;. The number of rotatable bonds is 3. The number of Topliss-reactive ketones (excluding diaryl/α,β-unsaturated/α-hetero) is 1. The summed E-state index contributed by atoms with van der Waals surface area (Å²) in [7, 11) is 0. The van der Waals surface area contributed by atoms with Crippen LogP contribution in [0.25, 0.3) is 21.5 Å². The van der Waals surface area contributed by atoms with Crippen molar-refractivity contribution in [2.45, 2.75) is 31.6 Å². The summed E-state index contributed by atoms with van der Waals surface area (Å²) in [4.78, 5) is 12.8. The molecule has 4 aromatic rings. The molecule has 4 aromatic carbocycles. The largest absolute Gasteiger partial charge is 0.294 e. The fourth-order valence-electron chi connectivity index (χ4n) is 4.69. The van der Waals surface area contributed by atoms with Crippen molar-refractivity contribution in [3.63, 3.8) is 0 Å². The number of fused-ring (bicyclic) bond motifs is 5. The summed E-state index contributed by atoms with van der Waals surface area (Å²) in [5, 5.41) is 5.31. The number of aryl methyl sites for hydroxylation is 1. The van der Waals surface area contributed by atoms with Gasteiger partial charge < -0.3 is 0 Å². The number of benzene rings is 4. The van der Waals surface area contributed by atoms with E-state index in [1.54, 1.807) is 0 Å². The zero-order valence-corrected chi connectivity index (χ0v) is 17.4. The van der Waals surface area contributed by atoms with E-state index in [9.17, 15) is 4.79 Å². The summed E-state index contributed by atoms with van der Waals surface area (Å²) in [6.45, 7) is 0. The van der Waals surface area contributed by atoms with Crippen LogP contribution in [0.4, 0.5) is 0 Å². The minimum atomic E-state index is 0. The number of ketones is 1. The molecule has 0 bridgehead atoms. The quantitative estimate of drug-likeness (QED) is 0.212. The van der Waals surface area contributed by atoms with Gasteiger partial charge in [0.25, 0.3) is 0 Å². The molecule has 138 valence electrons. The van der Waals surface area contributed by atoms with Crippen LogP contribution in [-0.4, -0.2) is 22.9 Å². The summed E-state index contributed by atoms with van der Waals surface area (Å²) in [6.07, 6.45) is 3.98. The van der Waals surface area contributed by atoms with Gasteiger partial charge in [-0.1, -0.05) is 78.9 Å². The van der Waals surface area contributed by atoms with Crippen LogP contribution < -0.4 is 0 Å². The van der Waals surface area contributed by atoms with Gasteiger partial charge in [-0.05, 0) is 57.9 Å². The van der Waals surface area contributed by atoms with Crippen molar-refractivity contribution in [2.75, 3.05) is 0 Å². The molecule has 1 aliphatic rings. The Hall–Kier alpha value is -2.41. The molecule has 2 radical (unpaired) electrons. The van der Waals surface area contributed by atoms with E-state index in [0.29, 0.717) is 12.3 Å². The third-order valence-electron chi connectivity index (χ3n) is 6.02. The van der Waals surface area contributed by atoms with E-state index in [1.165, 1.54) is 32.7 Å². The molecule has 0 fully saturated rings. The van der Waals surface area contributed by atoms with E-state index in [0.717, 1.165) is 24.8 Å². The molecule has 1 atom stereocenters. The molecule has 1 nitrogen and oxygen atoms in total. The van der Waals surface area contributed by atoms with Crippen LogP contribution in [0, 0.1) is 0 Å². The molecule has 0 aromatic heterocycles. The Morgan fingerprint density at radius 3 is 2.39 bits per heavy atom. The van der Waals surface area contributed by atoms with Gasteiger partial charge >= 0.3 is 0 Å². The Bertz CT molecular complexity index is 1150. The van der Waals surface area contributed by atoms with Crippen LogP contribution in [0.2, 0.25) is 0 Å². The van der Waals surface area contributed by atoms with Gasteiger partial charge in [-0.25, -0.2) is 0 Å². The van der Waals surface area contributed by atoms with Crippen LogP contribution in [0.1, 0.15) is 46.7 Å². The molecule has 0 spiro atoms. The number of hydrogen-bond donors (Lipinski definition) is 0. The monoisotopic (exact) mass is 430 g/mol. The first-order chi connectivity index (χ1) is 13.3. The molecular weight excluding hydrogens is 407 g/mol. The van der Waals surface area contributed by atoms with E-state index in [1.807, 2.05) is 30.3 Å². The maximum Gasteiger partial charge on any atom is 0.163 e. The Balaban J connectivity index is 0.00000192. The predicted octanol–water partition coefficient (Wildman–Crippen LogP) is 6.31. The summed E-state index contributed by atoms with van der Waals surface area (Å²) >= 11 is 0. The third-order valence-corrected chi connectivity index (χ3v) is 6.02. The fraction of sp³-hybridized carbons (Fsp3) is 0.192. The second-order valence-corrected chi connectivity index (χ2v) is 7.60. The van der Waals surface area contributed by atoms with E-state index < -0.39 is 0 Å². The van der Waals surface area contributed by atoms with Crippen molar-refractivity contribution < 1.29 is 4.79 Å². The Kier molecular flexibility index (Phi) is 5.35. The van der Waals surface area contributed by atoms with Crippen molar-refractivity contribution in [2.24, 2.45) is 0 Å². The number of carbonyl (C=O) groups is 1. The summed E-state index contributed by atoms with van der Waals surface area (Å²) in [5.74, 6) is 0.587. The first-order valence-corrected chi connectivity index (χ1v) is 9.83. The van der Waals surface area contributed by atoms with Gasteiger partial charge in [-0.2, -0.15) is 0 Å². The minimum absolute atomic E-state index is 0. The van der Waals surface area contributed by atoms with E-state index in [4.69, 9.17) is 0 Å². The Morgan fingerprint density at radius 2 is 1.54 bits per heavy atom. The van der Waals surface area contributed by atoms with Gasteiger partial charge in [0.2, 0.25) is 0 Å². The van der Waals surface area contributed by atoms with Crippen molar-refractivity contribution >= 4 is 44.4 Å². The molecule has 0 N–H and O–H groups in total. The number of hydrogen-bond acceptors (Lipinski definition) is 1. The maximum absolute atomic E-state index is 12.8. The van der Waals surface area contributed by atoms with E-state index >= 15 is 0 Å². The zero-order valence-electron chi connectivity index (χ0n) is 15.7. The topological polar surface area (TPSA) is 17.1 Å². The predicted molar refractivity (Wildman–Crippen MR) is 118 cm³/mol. The fourth-order valence-corrected chi connectivity index (χ4v) is 4.69. The number of carbonyl (C=O) groups excluding carboxylic acids is 1. The molecule has 1 aliphatic carbocycles. The van der Waals surface area contributed by atoms with Gasteiger partial charge in [0.05, 0.1) is 0 Å². The van der Waals surface area contributed by atoms with Gasteiger partial charge in [0.15, 0.2) is 5.78 Å². The summed E-state index contributed by atoms with van der Waals surface area (Å²) in [6, 6.07) is 27.4. The maximum atomic E-state index is 12.8. The molecule has 28 heavy (non-hydrogen) atoms. The first-order valence-electron chi connectivity index (χ1n) is 9.83. The molecule has 5 rings (SSSR count). The van der Waals surface area contributed by atoms with Crippen LogP contribution in [0.3, 0.4) is 0 Å². The van der Waals surface area contributed by atoms with Crippen LogP contribution in [-0.2, 0) is 6.42 Å². The molecule has 0 heterocycles. The van der Waals surface area contributed by atoms with Gasteiger partial charge in [0.1, 0.15) is 0 Å². The Morgan fingerprint density at radius 1 is 0.786 bits per heavy atom. The molecular formula is C26H22OSe. The average molecular weight is 429 g/mol. The summed E-state index contributed by atoms with van der Waals surface area (Å²) < 4.78 is 0. The SMILES string of the molecule is O=C(CC1CCCc2c1ccc1c2ccc2ccccc21)c1ccccc1.[Se]. The second-order valence-electron chi connectivity index (χ2n) is 7.60. The Labute approximate surface area is 176 Å². The molecule has 0 saturated carbocycles.